The molecule has 0 bridgehead atoms. The summed E-state index contributed by atoms with van der Waals surface area (Å²) in [6.45, 7) is 20.1. The third kappa shape index (κ3) is 13.3. The quantitative estimate of drug-likeness (QED) is 0.0340. The zero-order valence-electron chi connectivity index (χ0n) is 37.6. The molecule has 4 heterocycles. The second-order valence-electron chi connectivity index (χ2n) is 16.9. The van der Waals surface area contributed by atoms with Crippen LogP contribution >= 0.6 is 22.7 Å². The van der Waals surface area contributed by atoms with Crippen LogP contribution in [-0.4, -0.2) is 52.2 Å². The number of benzene rings is 1. The van der Waals surface area contributed by atoms with Crippen molar-refractivity contribution in [2.45, 2.75) is 197 Å². The zero-order valence-corrected chi connectivity index (χ0v) is 42.7. The molecule has 0 saturated carbocycles. The Balaban J connectivity index is 1.56. The summed E-state index contributed by atoms with van der Waals surface area (Å²) in [4.78, 5) is 13.4. The van der Waals surface area contributed by atoms with Gasteiger partial charge in [-0.3, -0.25) is 0 Å². The van der Waals surface area contributed by atoms with Gasteiger partial charge in [0, 0.05) is 0 Å². The summed E-state index contributed by atoms with van der Waals surface area (Å²) in [5.74, 6) is 3.24. The number of thiophene rings is 2. The van der Waals surface area contributed by atoms with E-state index in [9.17, 15) is 0 Å². The number of rotatable bonds is 30. The van der Waals surface area contributed by atoms with E-state index in [0.717, 1.165) is 50.4 Å². The predicted molar refractivity (Wildman–Crippen MR) is 259 cm³/mol. The summed E-state index contributed by atoms with van der Waals surface area (Å²) in [6, 6.07) is 4.87. The molecule has 1 aromatic carbocycles. The fourth-order valence-corrected chi connectivity index (χ4v) is 14.8. The van der Waals surface area contributed by atoms with Crippen molar-refractivity contribution in [3.63, 3.8) is 0 Å². The Kier molecular flexibility index (Phi) is 21.0. The van der Waals surface area contributed by atoms with Crippen LogP contribution in [0.3, 0.4) is 0 Å². The number of nitrogens with zero attached hydrogens (tertiary/aromatic N) is 2. The maximum absolute atomic E-state index is 7.13. The summed E-state index contributed by atoms with van der Waals surface area (Å²) in [5, 5.41) is 2.45. The summed E-state index contributed by atoms with van der Waals surface area (Å²) < 4.78 is 22.3. The van der Waals surface area contributed by atoms with Crippen molar-refractivity contribution in [2.24, 2.45) is 11.8 Å². The third-order valence-corrected chi connectivity index (χ3v) is 19.4. The molecule has 4 nitrogen and oxygen atoms in total. The number of hydrogen-bond donors (Lipinski definition) is 0. The molecule has 8 heteroatoms. The Morgan fingerprint density at radius 1 is 0.517 bits per heavy atom. The fraction of sp³-hybridized carbons (Fsp3) is 0.680. The van der Waals surface area contributed by atoms with Gasteiger partial charge >= 0.3 is 376 Å². The van der Waals surface area contributed by atoms with Gasteiger partial charge in [0.1, 0.15) is 0 Å². The summed E-state index contributed by atoms with van der Waals surface area (Å²) >= 11 is 4.32. The van der Waals surface area contributed by atoms with E-state index in [2.05, 4.69) is 67.5 Å². The molecule has 0 radical (unpaired) electrons. The normalized spacial score (nSPS) is 13.0. The predicted octanol–water partition coefficient (Wildman–Crippen LogP) is 16.0. The Hall–Kier alpha value is -1.40. The van der Waals surface area contributed by atoms with Crippen molar-refractivity contribution >= 4 is 71.9 Å². The van der Waals surface area contributed by atoms with Gasteiger partial charge in [-0.25, -0.2) is 0 Å². The first kappa shape index (κ1) is 47.6. The molecule has 322 valence electrons. The monoisotopic (exact) mass is 960 g/mol. The molecular weight excluding hydrogens is 883 g/mol. The van der Waals surface area contributed by atoms with Crippen LogP contribution in [0, 0.1) is 25.7 Å². The molecular formula is C50H76N2O2S2Se2. The summed E-state index contributed by atoms with van der Waals surface area (Å²) in [5.41, 5.74) is 2.70. The van der Waals surface area contributed by atoms with Gasteiger partial charge in [0.15, 0.2) is 0 Å². The van der Waals surface area contributed by atoms with Gasteiger partial charge in [-0.2, -0.15) is 0 Å². The second kappa shape index (κ2) is 25.5. The SMILES string of the molecule is CCCCCCCCc1nc(-c2cc3c(OCC(CC)CCCC)c4sc(-c5nc(CCCCCCCC)c(C)[se]5)cc4c(OCC(CC)CCCC)c3s2)[se]c1C. The van der Waals surface area contributed by atoms with E-state index in [-0.39, 0.29) is 29.0 Å². The van der Waals surface area contributed by atoms with Crippen molar-refractivity contribution < 1.29 is 9.47 Å². The number of fused-ring (bicyclic) bond motifs is 2. The van der Waals surface area contributed by atoms with E-state index in [0.29, 0.717) is 11.8 Å². The second-order valence-corrected chi connectivity index (χ2v) is 24.1. The van der Waals surface area contributed by atoms with Gasteiger partial charge in [-0.1, -0.05) is 0 Å². The van der Waals surface area contributed by atoms with Crippen LogP contribution in [0.4, 0.5) is 0 Å². The molecule has 0 aliphatic heterocycles. The molecule has 5 rings (SSSR count). The standard InChI is InChI=1S/C50H76N2O2S2Se2/c1-9-15-19-21-23-25-29-41-35(7)57-49(51-41)43-31-39-45(53-33-37(13-5)27-17-11-3)48-40(46(47(39)55-43)54-34-38(14-6)28-18-12-4)32-44(56-48)50-52-42(36(8)58-50)30-26-24-22-20-16-10-2/h31-32,37-38H,9-30,33-34H2,1-8H3. The summed E-state index contributed by atoms with van der Waals surface area (Å²) in [7, 11) is 0. The van der Waals surface area contributed by atoms with Gasteiger partial charge in [0.25, 0.3) is 0 Å². The minimum absolute atomic E-state index is 0.257. The van der Waals surface area contributed by atoms with E-state index in [4.69, 9.17) is 19.4 Å². The van der Waals surface area contributed by atoms with Crippen LogP contribution in [-0.2, 0) is 12.8 Å². The minimum atomic E-state index is 0.257. The molecule has 5 aromatic rings. The average molecular weight is 959 g/mol. The number of aromatic nitrogens is 2. The van der Waals surface area contributed by atoms with Gasteiger partial charge in [-0.05, 0) is 0 Å². The van der Waals surface area contributed by atoms with Crippen LogP contribution in [0.25, 0.3) is 39.1 Å². The third-order valence-electron chi connectivity index (χ3n) is 12.1. The van der Waals surface area contributed by atoms with Gasteiger partial charge in [0.2, 0.25) is 0 Å². The maximum atomic E-state index is 7.13. The molecule has 2 atom stereocenters. The van der Waals surface area contributed by atoms with Crippen molar-refractivity contribution in [1.29, 1.82) is 0 Å². The Morgan fingerprint density at radius 2 is 0.897 bits per heavy atom. The number of hydrogen-bond acceptors (Lipinski definition) is 6. The van der Waals surface area contributed by atoms with E-state index in [1.54, 1.807) is 0 Å². The van der Waals surface area contributed by atoms with Crippen molar-refractivity contribution in [3.8, 4) is 30.4 Å². The van der Waals surface area contributed by atoms with E-state index >= 15 is 0 Å². The van der Waals surface area contributed by atoms with Crippen molar-refractivity contribution in [1.82, 2.24) is 9.97 Å². The van der Waals surface area contributed by atoms with E-state index in [1.165, 1.54) is 175 Å². The molecule has 0 aliphatic rings. The van der Waals surface area contributed by atoms with Crippen molar-refractivity contribution in [2.75, 3.05) is 13.2 Å². The van der Waals surface area contributed by atoms with Crippen LogP contribution in [0.15, 0.2) is 12.1 Å². The van der Waals surface area contributed by atoms with Crippen molar-refractivity contribution in [3.05, 3.63) is 32.4 Å². The van der Waals surface area contributed by atoms with Crippen LogP contribution < -0.4 is 9.47 Å². The Labute approximate surface area is 373 Å². The molecule has 0 N–H and O–H groups in total. The molecule has 0 spiro atoms. The number of aryl methyl sites for hydroxylation is 4. The van der Waals surface area contributed by atoms with E-state index < -0.39 is 0 Å². The number of unbranched alkanes of at least 4 members (excludes halogenated alkanes) is 12. The molecule has 58 heavy (non-hydrogen) atoms. The molecule has 0 fully saturated rings. The molecule has 4 aromatic heterocycles. The van der Waals surface area contributed by atoms with E-state index in [1.807, 2.05) is 22.7 Å². The number of ether oxygens (including phenoxy) is 2. The van der Waals surface area contributed by atoms with Gasteiger partial charge in [0.05, 0.1) is 0 Å². The first-order valence-electron chi connectivity index (χ1n) is 23.6. The zero-order chi connectivity index (χ0) is 41.3. The topological polar surface area (TPSA) is 44.2 Å². The first-order valence-corrected chi connectivity index (χ1v) is 28.6. The molecule has 2 unspecified atom stereocenters. The average Bonchev–Trinajstić information content (AvgIpc) is 4.03. The van der Waals surface area contributed by atoms with Crippen LogP contribution in [0.5, 0.6) is 11.5 Å². The Morgan fingerprint density at radius 3 is 1.28 bits per heavy atom. The summed E-state index contributed by atoms with van der Waals surface area (Å²) in [6.07, 6.45) is 27.8. The molecule has 0 amide bonds. The fourth-order valence-electron chi connectivity index (χ4n) is 8.07. The van der Waals surface area contributed by atoms with Gasteiger partial charge in [-0.15, -0.1) is 0 Å². The van der Waals surface area contributed by atoms with Crippen LogP contribution in [0.2, 0.25) is 0 Å². The first-order chi connectivity index (χ1) is 28.3. The van der Waals surface area contributed by atoms with Gasteiger partial charge < -0.3 is 0 Å². The van der Waals surface area contributed by atoms with Crippen LogP contribution in [0.1, 0.15) is 190 Å². The Bertz CT molecular complexity index is 1750. The molecule has 0 aliphatic carbocycles. The molecule has 0 saturated heterocycles.